The van der Waals surface area contributed by atoms with Crippen molar-refractivity contribution in [2.24, 2.45) is 7.05 Å². The van der Waals surface area contributed by atoms with Crippen molar-refractivity contribution >= 4 is 34.1 Å². The van der Waals surface area contributed by atoms with E-state index in [9.17, 15) is 0 Å². The molecule has 0 spiro atoms. The van der Waals surface area contributed by atoms with Gasteiger partial charge < -0.3 is 4.57 Å². The summed E-state index contributed by atoms with van der Waals surface area (Å²) in [4.78, 5) is 13.6. The summed E-state index contributed by atoms with van der Waals surface area (Å²) < 4.78 is 2.03. The standard InChI is InChI=1S/C27H22Cl2N4/c1-16-11-20(13-24(28)31-16)26(23-14-30-15-33(23)3)19-9-10-22-21(12-19)27(29)25(17(2)32-22)18-7-5-4-6-8-18/h4-15,26H,1-3H3. The molecule has 1 atom stereocenters. The third-order valence-electron chi connectivity index (χ3n) is 5.95. The van der Waals surface area contributed by atoms with Gasteiger partial charge in [0, 0.05) is 41.3 Å². The Morgan fingerprint density at radius 1 is 0.879 bits per heavy atom. The predicted molar refractivity (Wildman–Crippen MR) is 135 cm³/mol. The van der Waals surface area contributed by atoms with Crippen LogP contribution in [0.5, 0.6) is 0 Å². The van der Waals surface area contributed by atoms with Crippen molar-refractivity contribution in [3.63, 3.8) is 0 Å². The minimum absolute atomic E-state index is 0.0846. The normalized spacial score (nSPS) is 12.3. The molecule has 5 rings (SSSR count). The number of halogens is 2. The van der Waals surface area contributed by atoms with Crippen LogP contribution in [0.2, 0.25) is 10.2 Å². The van der Waals surface area contributed by atoms with Gasteiger partial charge in [-0.2, -0.15) is 0 Å². The number of benzene rings is 2. The predicted octanol–water partition coefficient (Wildman–Crippen LogP) is 7.13. The van der Waals surface area contributed by atoms with E-state index < -0.39 is 0 Å². The minimum Gasteiger partial charge on any atom is -0.337 e. The number of aromatic nitrogens is 4. The molecule has 6 heteroatoms. The summed E-state index contributed by atoms with van der Waals surface area (Å²) in [7, 11) is 2.00. The van der Waals surface area contributed by atoms with E-state index in [2.05, 4.69) is 40.3 Å². The molecule has 0 saturated heterocycles. The Bertz CT molecular complexity index is 1450. The summed E-state index contributed by atoms with van der Waals surface area (Å²) in [5.74, 6) is -0.0846. The lowest BCUT2D eigenvalue weighted by atomic mass is 9.87. The number of aryl methyl sites for hydroxylation is 3. The van der Waals surface area contributed by atoms with Crippen LogP contribution in [-0.4, -0.2) is 19.5 Å². The molecule has 164 valence electrons. The molecular weight excluding hydrogens is 451 g/mol. The second-order valence-electron chi connectivity index (χ2n) is 8.26. The van der Waals surface area contributed by atoms with Gasteiger partial charge in [-0.25, -0.2) is 9.97 Å². The topological polar surface area (TPSA) is 43.6 Å². The average Bonchev–Trinajstić information content (AvgIpc) is 3.20. The molecule has 0 aliphatic rings. The zero-order chi connectivity index (χ0) is 23.1. The number of fused-ring (bicyclic) bond motifs is 1. The number of imidazole rings is 1. The summed E-state index contributed by atoms with van der Waals surface area (Å²) in [6, 6.07) is 20.4. The SMILES string of the molecule is Cc1cc(C(c2ccc3nc(C)c(-c4ccccc4)c(Cl)c3c2)c2cncn2C)cc(Cl)n1. The van der Waals surface area contributed by atoms with Crippen LogP contribution in [0.3, 0.4) is 0 Å². The van der Waals surface area contributed by atoms with Crippen molar-refractivity contribution in [2.45, 2.75) is 19.8 Å². The summed E-state index contributed by atoms with van der Waals surface area (Å²) in [6.07, 6.45) is 3.70. The van der Waals surface area contributed by atoms with E-state index in [1.807, 2.05) is 68.3 Å². The van der Waals surface area contributed by atoms with E-state index in [1.165, 1.54) is 0 Å². The summed E-state index contributed by atoms with van der Waals surface area (Å²) in [5, 5.41) is 2.10. The van der Waals surface area contributed by atoms with E-state index in [-0.39, 0.29) is 5.92 Å². The van der Waals surface area contributed by atoms with E-state index >= 15 is 0 Å². The third-order valence-corrected chi connectivity index (χ3v) is 6.54. The number of hydrogen-bond donors (Lipinski definition) is 0. The summed E-state index contributed by atoms with van der Waals surface area (Å²) in [5.41, 5.74) is 7.85. The lowest BCUT2D eigenvalue weighted by Crippen LogP contribution is -2.09. The largest absolute Gasteiger partial charge is 0.337 e. The van der Waals surface area contributed by atoms with Crippen molar-refractivity contribution in [3.05, 3.63) is 112 Å². The van der Waals surface area contributed by atoms with Crippen LogP contribution in [0, 0.1) is 13.8 Å². The lowest BCUT2D eigenvalue weighted by molar-refractivity contribution is 0.791. The van der Waals surface area contributed by atoms with Crippen LogP contribution >= 0.6 is 23.2 Å². The van der Waals surface area contributed by atoms with E-state index in [1.54, 1.807) is 0 Å². The first-order valence-corrected chi connectivity index (χ1v) is 11.4. The quantitative estimate of drug-likeness (QED) is 0.261. The number of nitrogens with zero attached hydrogens (tertiary/aromatic N) is 4. The molecule has 0 amide bonds. The van der Waals surface area contributed by atoms with Crippen molar-refractivity contribution in [1.82, 2.24) is 19.5 Å². The zero-order valence-electron chi connectivity index (χ0n) is 18.6. The summed E-state index contributed by atoms with van der Waals surface area (Å²) >= 11 is 13.4. The molecule has 0 fully saturated rings. The van der Waals surface area contributed by atoms with Crippen molar-refractivity contribution in [2.75, 3.05) is 0 Å². The maximum atomic E-state index is 7.02. The van der Waals surface area contributed by atoms with Crippen LogP contribution in [0.4, 0.5) is 0 Å². The van der Waals surface area contributed by atoms with E-state index in [0.29, 0.717) is 10.2 Å². The molecule has 0 aliphatic carbocycles. The number of rotatable bonds is 4. The molecule has 2 aromatic carbocycles. The van der Waals surface area contributed by atoms with Gasteiger partial charge in [-0.05, 0) is 54.8 Å². The molecule has 3 heterocycles. The molecule has 4 nitrogen and oxygen atoms in total. The Hall–Kier alpha value is -3.21. The van der Waals surface area contributed by atoms with Gasteiger partial charge in [0.25, 0.3) is 0 Å². The Morgan fingerprint density at radius 2 is 1.67 bits per heavy atom. The highest BCUT2D eigenvalue weighted by Gasteiger charge is 2.22. The van der Waals surface area contributed by atoms with Gasteiger partial charge in [0.1, 0.15) is 5.15 Å². The first-order chi connectivity index (χ1) is 15.9. The van der Waals surface area contributed by atoms with Gasteiger partial charge in [0.2, 0.25) is 0 Å². The fraction of sp³-hybridized carbons (Fsp3) is 0.148. The second kappa shape index (κ2) is 8.62. The average molecular weight is 473 g/mol. The smallest absolute Gasteiger partial charge is 0.129 e. The van der Waals surface area contributed by atoms with Crippen molar-refractivity contribution in [3.8, 4) is 11.1 Å². The molecule has 5 aromatic rings. The molecule has 33 heavy (non-hydrogen) atoms. The highest BCUT2D eigenvalue weighted by Crippen LogP contribution is 2.39. The van der Waals surface area contributed by atoms with Crippen LogP contribution in [0.15, 0.2) is 73.2 Å². The molecule has 0 radical (unpaired) electrons. The highest BCUT2D eigenvalue weighted by atomic mass is 35.5. The van der Waals surface area contributed by atoms with Gasteiger partial charge in [0.05, 0.1) is 22.8 Å². The van der Waals surface area contributed by atoms with E-state index in [0.717, 1.165) is 50.2 Å². The lowest BCUT2D eigenvalue weighted by Gasteiger charge is -2.20. The molecular formula is C27H22Cl2N4. The molecule has 0 N–H and O–H groups in total. The molecule has 0 aliphatic heterocycles. The Balaban J connectivity index is 1.75. The Morgan fingerprint density at radius 3 is 2.36 bits per heavy atom. The van der Waals surface area contributed by atoms with Crippen molar-refractivity contribution < 1.29 is 0 Å². The van der Waals surface area contributed by atoms with Crippen LogP contribution in [-0.2, 0) is 7.05 Å². The highest BCUT2D eigenvalue weighted by molar-refractivity contribution is 6.38. The van der Waals surface area contributed by atoms with Crippen LogP contribution in [0.1, 0.15) is 34.1 Å². The van der Waals surface area contributed by atoms with Gasteiger partial charge in [-0.1, -0.05) is 59.6 Å². The Labute approximate surface area is 202 Å². The van der Waals surface area contributed by atoms with E-state index in [4.69, 9.17) is 28.2 Å². The maximum Gasteiger partial charge on any atom is 0.129 e. The molecule has 1 unspecified atom stereocenters. The van der Waals surface area contributed by atoms with Gasteiger partial charge in [-0.15, -0.1) is 0 Å². The van der Waals surface area contributed by atoms with Gasteiger partial charge in [-0.3, -0.25) is 4.98 Å². The number of hydrogen-bond acceptors (Lipinski definition) is 3. The first-order valence-electron chi connectivity index (χ1n) is 10.7. The minimum atomic E-state index is -0.0846. The second-order valence-corrected chi connectivity index (χ2v) is 9.02. The Kier molecular flexibility index (Phi) is 5.65. The fourth-order valence-electron chi connectivity index (χ4n) is 4.48. The van der Waals surface area contributed by atoms with Gasteiger partial charge in [0.15, 0.2) is 0 Å². The molecule has 0 saturated carbocycles. The molecule has 0 bridgehead atoms. The fourth-order valence-corrected chi connectivity index (χ4v) is 5.13. The third kappa shape index (κ3) is 4.01. The summed E-state index contributed by atoms with van der Waals surface area (Å²) in [6.45, 7) is 3.95. The number of pyridine rings is 2. The first kappa shape index (κ1) is 21.6. The van der Waals surface area contributed by atoms with Crippen molar-refractivity contribution in [1.29, 1.82) is 0 Å². The maximum absolute atomic E-state index is 7.02. The molecule has 3 aromatic heterocycles. The van der Waals surface area contributed by atoms with Crippen LogP contribution < -0.4 is 0 Å². The zero-order valence-corrected chi connectivity index (χ0v) is 20.1. The van der Waals surface area contributed by atoms with Gasteiger partial charge >= 0.3 is 0 Å². The van der Waals surface area contributed by atoms with Crippen LogP contribution in [0.25, 0.3) is 22.0 Å². The monoisotopic (exact) mass is 472 g/mol.